The standard InChI is InChI=1S/C21H19N5O3S2/c1-12-5-4-6-16(13(12)2)22-17(27)11-30-21-25-26-19(28)18(23-24-20(26)31-21)14-7-9-15(29-3)10-8-14/h4-10H,11H2,1-3H3,(H,22,27). The van der Waals surface area contributed by atoms with Gasteiger partial charge in [0.25, 0.3) is 0 Å². The highest BCUT2D eigenvalue weighted by Gasteiger charge is 2.15. The van der Waals surface area contributed by atoms with Gasteiger partial charge in [-0.1, -0.05) is 35.2 Å². The number of ether oxygens (including phenoxy) is 1. The summed E-state index contributed by atoms with van der Waals surface area (Å²) < 4.78 is 6.93. The molecule has 31 heavy (non-hydrogen) atoms. The second-order valence-electron chi connectivity index (χ2n) is 6.73. The summed E-state index contributed by atoms with van der Waals surface area (Å²) in [4.78, 5) is 25.6. The molecule has 2 heterocycles. The number of carbonyl (C=O) groups is 1. The normalized spacial score (nSPS) is 10.9. The molecule has 1 N–H and O–H groups in total. The first kappa shape index (κ1) is 21.0. The van der Waals surface area contributed by atoms with Crippen molar-refractivity contribution in [1.82, 2.24) is 19.8 Å². The Morgan fingerprint density at radius 1 is 1.16 bits per heavy atom. The van der Waals surface area contributed by atoms with E-state index in [1.165, 1.54) is 27.6 Å². The van der Waals surface area contributed by atoms with Crippen LogP contribution in [0.15, 0.2) is 51.6 Å². The van der Waals surface area contributed by atoms with Crippen molar-refractivity contribution in [3.63, 3.8) is 0 Å². The number of fused-ring (bicyclic) bond motifs is 1. The van der Waals surface area contributed by atoms with Crippen LogP contribution in [0.2, 0.25) is 0 Å². The smallest absolute Gasteiger partial charge is 0.302 e. The molecule has 8 nitrogen and oxygen atoms in total. The number of methoxy groups -OCH3 is 1. The Morgan fingerprint density at radius 2 is 1.94 bits per heavy atom. The second kappa shape index (κ2) is 8.86. The van der Waals surface area contributed by atoms with Crippen LogP contribution in [0.4, 0.5) is 5.69 Å². The van der Waals surface area contributed by atoms with Gasteiger partial charge in [-0.05, 0) is 55.3 Å². The fourth-order valence-corrected chi connectivity index (χ4v) is 4.56. The maximum atomic E-state index is 12.8. The number of carbonyl (C=O) groups excluding carboxylic acids is 1. The van der Waals surface area contributed by atoms with Crippen LogP contribution in [0.25, 0.3) is 16.2 Å². The van der Waals surface area contributed by atoms with Crippen LogP contribution >= 0.6 is 23.1 Å². The molecular weight excluding hydrogens is 434 g/mol. The van der Waals surface area contributed by atoms with Crippen molar-refractivity contribution in [2.45, 2.75) is 18.2 Å². The number of thioether (sulfide) groups is 1. The van der Waals surface area contributed by atoms with Crippen LogP contribution in [0.1, 0.15) is 11.1 Å². The lowest BCUT2D eigenvalue weighted by atomic mass is 10.1. The molecule has 0 spiro atoms. The molecule has 158 valence electrons. The molecule has 0 fully saturated rings. The molecule has 2 aromatic heterocycles. The van der Waals surface area contributed by atoms with Crippen LogP contribution < -0.4 is 15.6 Å². The van der Waals surface area contributed by atoms with Gasteiger partial charge >= 0.3 is 5.56 Å². The Labute approximate surface area is 186 Å². The summed E-state index contributed by atoms with van der Waals surface area (Å²) in [6, 6.07) is 12.8. The highest BCUT2D eigenvalue weighted by Crippen LogP contribution is 2.25. The van der Waals surface area contributed by atoms with E-state index >= 15 is 0 Å². The highest BCUT2D eigenvalue weighted by atomic mass is 32.2. The monoisotopic (exact) mass is 453 g/mol. The van der Waals surface area contributed by atoms with E-state index in [0.29, 0.717) is 20.6 Å². The summed E-state index contributed by atoms with van der Waals surface area (Å²) in [7, 11) is 1.58. The van der Waals surface area contributed by atoms with Crippen molar-refractivity contribution >= 4 is 39.7 Å². The zero-order valence-corrected chi connectivity index (χ0v) is 18.7. The molecule has 0 aliphatic heterocycles. The van der Waals surface area contributed by atoms with Crippen molar-refractivity contribution in [3.05, 3.63) is 63.9 Å². The first-order valence-electron chi connectivity index (χ1n) is 9.36. The molecular formula is C21H19N5O3S2. The van der Waals surface area contributed by atoms with Crippen LogP contribution in [0.3, 0.4) is 0 Å². The molecule has 4 aromatic rings. The number of anilines is 1. The van der Waals surface area contributed by atoms with E-state index in [0.717, 1.165) is 16.8 Å². The van der Waals surface area contributed by atoms with Crippen LogP contribution in [-0.2, 0) is 4.79 Å². The maximum Gasteiger partial charge on any atom is 0.302 e. The third-order valence-electron chi connectivity index (χ3n) is 4.74. The Hall–Kier alpha value is -3.24. The van der Waals surface area contributed by atoms with Gasteiger partial charge in [0.15, 0.2) is 10.0 Å². The largest absolute Gasteiger partial charge is 0.497 e. The van der Waals surface area contributed by atoms with E-state index in [9.17, 15) is 9.59 Å². The summed E-state index contributed by atoms with van der Waals surface area (Å²) in [5.41, 5.74) is 3.41. The lowest BCUT2D eigenvalue weighted by Gasteiger charge is -2.09. The van der Waals surface area contributed by atoms with Crippen LogP contribution in [0, 0.1) is 13.8 Å². The molecule has 0 saturated carbocycles. The molecule has 1 amide bonds. The minimum absolute atomic E-state index is 0.143. The number of nitrogens with one attached hydrogen (secondary N) is 1. The summed E-state index contributed by atoms with van der Waals surface area (Å²) in [5, 5.41) is 15.4. The van der Waals surface area contributed by atoms with Gasteiger partial charge in [-0.2, -0.15) is 4.52 Å². The average Bonchev–Trinajstić information content (AvgIpc) is 3.20. The quantitative estimate of drug-likeness (QED) is 0.446. The lowest BCUT2D eigenvalue weighted by Crippen LogP contribution is -2.19. The Balaban J connectivity index is 1.50. The SMILES string of the molecule is COc1ccc(-c2nnc3sc(SCC(=O)Nc4cccc(C)c4C)nn3c2=O)cc1. The first-order chi connectivity index (χ1) is 15.0. The van der Waals surface area contributed by atoms with Gasteiger partial charge in [-0.3, -0.25) is 9.59 Å². The molecule has 10 heteroatoms. The van der Waals surface area contributed by atoms with Crippen molar-refractivity contribution in [3.8, 4) is 17.0 Å². The molecule has 0 saturated heterocycles. The van der Waals surface area contributed by atoms with Crippen LogP contribution in [-0.4, -0.2) is 38.6 Å². The summed E-state index contributed by atoms with van der Waals surface area (Å²) in [6.07, 6.45) is 0. The summed E-state index contributed by atoms with van der Waals surface area (Å²) in [6.45, 7) is 3.97. The van der Waals surface area contributed by atoms with Gasteiger partial charge in [0.1, 0.15) is 5.75 Å². The Kier molecular flexibility index (Phi) is 6.01. The van der Waals surface area contributed by atoms with Crippen molar-refractivity contribution < 1.29 is 9.53 Å². The lowest BCUT2D eigenvalue weighted by molar-refractivity contribution is -0.113. The number of hydrogen-bond donors (Lipinski definition) is 1. The predicted octanol–water partition coefficient (Wildman–Crippen LogP) is 3.57. The summed E-state index contributed by atoms with van der Waals surface area (Å²) >= 11 is 2.47. The molecule has 0 radical (unpaired) electrons. The number of nitrogens with zero attached hydrogens (tertiary/aromatic N) is 4. The molecule has 0 atom stereocenters. The van der Waals surface area contributed by atoms with Crippen molar-refractivity contribution in [2.24, 2.45) is 0 Å². The fourth-order valence-electron chi connectivity index (χ4n) is 2.89. The topological polar surface area (TPSA) is 98.5 Å². The number of aryl methyl sites for hydroxylation is 1. The molecule has 0 aliphatic carbocycles. The molecule has 4 rings (SSSR count). The van der Waals surface area contributed by atoms with E-state index in [1.807, 2.05) is 32.0 Å². The van der Waals surface area contributed by atoms with Gasteiger partial charge < -0.3 is 10.1 Å². The van der Waals surface area contributed by atoms with E-state index < -0.39 is 0 Å². The fraction of sp³-hybridized carbons (Fsp3) is 0.190. The van der Waals surface area contributed by atoms with Crippen LogP contribution in [0.5, 0.6) is 5.75 Å². The van der Waals surface area contributed by atoms with E-state index in [-0.39, 0.29) is 22.9 Å². The number of rotatable bonds is 6. The van der Waals surface area contributed by atoms with E-state index in [1.54, 1.807) is 31.4 Å². The van der Waals surface area contributed by atoms with Gasteiger partial charge in [-0.25, -0.2) is 0 Å². The van der Waals surface area contributed by atoms with Gasteiger partial charge in [-0.15, -0.1) is 15.3 Å². The third-order valence-corrected chi connectivity index (χ3v) is 6.77. The summed E-state index contributed by atoms with van der Waals surface area (Å²) in [5.74, 6) is 0.709. The molecule has 0 bridgehead atoms. The number of aromatic nitrogens is 4. The zero-order valence-electron chi connectivity index (χ0n) is 17.1. The Bertz CT molecular complexity index is 1320. The van der Waals surface area contributed by atoms with Gasteiger partial charge in [0, 0.05) is 11.3 Å². The molecule has 2 aromatic carbocycles. The number of hydrogen-bond acceptors (Lipinski definition) is 8. The van der Waals surface area contributed by atoms with E-state index in [2.05, 4.69) is 20.6 Å². The minimum Gasteiger partial charge on any atom is -0.497 e. The zero-order chi connectivity index (χ0) is 22.0. The number of amides is 1. The minimum atomic E-state index is -0.363. The Morgan fingerprint density at radius 3 is 2.68 bits per heavy atom. The third kappa shape index (κ3) is 4.44. The maximum absolute atomic E-state index is 12.8. The van der Waals surface area contributed by atoms with E-state index in [4.69, 9.17) is 4.74 Å². The van der Waals surface area contributed by atoms with Gasteiger partial charge in [0.2, 0.25) is 10.9 Å². The molecule has 0 unspecified atom stereocenters. The van der Waals surface area contributed by atoms with Crippen molar-refractivity contribution in [2.75, 3.05) is 18.2 Å². The average molecular weight is 454 g/mol. The van der Waals surface area contributed by atoms with Gasteiger partial charge in [0.05, 0.1) is 12.9 Å². The van der Waals surface area contributed by atoms with Crippen molar-refractivity contribution in [1.29, 1.82) is 0 Å². The number of benzene rings is 2. The first-order valence-corrected chi connectivity index (χ1v) is 11.2. The highest BCUT2D eigenvalue weighted by molar-refractivity contribution is 8.01. The molecule has 0 aliphatic rings. The predicted molar refractivity (Wildman–Crippen MR) is 122 cm³/mol. The second-order valence-corrected chi connectivity index (χ2v) is 8.91.